The van der Waals surface area contributed by atoms with Gasteiger partial charge in [-0.25, -0.2) is 9.80 Å². The molecule has 0 bridgehead atoms. The Morgan fingerprint density at radius 1 is 0.773 bits per heavy atom. The summed E-state index contributed by atoms with van der Waals surface area (Å²) in [6.45, 7) is 8.82. The van der Waals surface area contributed by atoms with Crippen LogP contribution in [0.3, 0.4) is 0 Å². The quantitative estimate of drug-likeness (QED) is 0.538. The number of nitrogens with two attached hydrogens (primary N) is 2. The molecular formula is C14H26N6O2+2. The first-order valence-electron chi connectivity index (χ1n) is 8.22. The van der Waals surface area contributed by atoms with Crippen LogP contribution < -0.4 is 11.5 Å². The van der Waals surface area contributed by atoms with E-state index in [1.54, 1.807) is 0 Å². The molecule has 4 rings (SSSR count). The van der Waals surface area contributed by atoms with Gasteiger partial charge in [0.1, 0.15) is 0 Å². The van der Waals surface area contributed by atoms with Crippen LogP contribution in [-0.4, -0.2) is 108 Å². The third-order valence-electron chi connectivity index (χ3n) is 6.41. The Morgan fingerprint density at radius 2 is 1.09 bits per heavy atom. The van der Waals surface area contributed by atoms with Crippen molar-refractivity contribution in [3.63, 3.8) is 0 Å². The maximum atomic E-state index is 11.7. The van der Waals surface area contributed by atoms with Crippen LogP contribution >= 0.6 is 0 Å². The van der Waals surface area contributed by atoms with Crippen molar-refractivity contribution in [2.24, 2.45) is 11.5 Å². The van der Waals surface area contributed by atoms with E-state index in [2.05, 4.69) is 9.80 Å². The highest BCUT2D eigenvalue weighted by molar-refractivity contribution is 5.75. The van der Waals surface area contributed by atoms with Crippen molar-refractivity contribution in [1.29, 1.82) is 0 Å². The molecule has 0 aromatic carbocycles. The minimum absolute atomic E-state index is 0.216. The van der Waals surface area contributed by atoms with E-state index in [4.69, 9.17) is 11.5 Å². The fraction of sp³-hybridized carbons (Fsp3) is 0.857. The predicted octanol–water partition coefficient (Wildman–Crippen LogP) is -3.10. The van der Waals surface area contributed by atoms with E-state index < -0.39 is 0 Å². The Kier molecular flexibility index (Phi) is 3.03. The second-order valence-electron chi connectivity index (χ2n) is 7.48. The molecular weight excluding hydrogens is 284 g/mol. The van der Waals surface area contributed by atoms with Gasteiger partial charge >= 0.3 is 0 Å². The van der Waals surface area contributed by atoms with Gasteiger partial charge in [0, 0.05) is 0 Å². The third kappa shape index (κ3) is 1.84. The molecule has 2 atom stereocenters. The Balaban J connectivity index is 1.73. The summed E-state index contributed by atoms with van der Waals surface area (Å²) < 4.78 is 1.57. The monoisotopic (exact) mass is 310 g/mol. The Morgan fingerprint density at radius 3 is 1.36 bits per heavy atom. The van der Waals surface area contributed by atoms with E-state index in [9.17, 15) is 9.59 Å². The van der Waals surface area contributed by atoms with Crippen molar-refractivity contribution in [3.05, 3.63) is 0 Å². The van der Waals surface area contributed by atoms with Gasteiger partial charge < -0.3 is 11.5 Å². The average molecular weight is 310 g/mol. The van der Waals surface area contributed by atoms with Gasteiger partial charge in [-0.1, -0.05) is 0 Å². The molecule has 2 unspecified atom stereocenters. The molecule has 0 saturated carbocycles. The summed E-state index contributed by atoms with van der Waals surface area (Å²) in [6.07, 6.45) is 0.577. The average Bonchev–Trinajstić information content (AvgIpc) is 2.95. The Bertz CT molecular complexity index is 481. The standard InChI is InChI=1S/C14H24N6O2/c15-11(21)9-19-5-1-17-3-7-20(10-12(16)22)6-2-18(4-8-19)14(20)13(17)19/h13-14H,1-10H2,(H2-2,15,16,21,22)/p+2. The molecule has 4 aliphatic rings. The molecule has 4 aliphatic heterocycles. The number of piperazine rings is 2. The number of carbonyl (C=O) groups is 2. The summed E-state index contributed by atoms with van der Waals surface area (Å²) in [5.41, 5.74) is 11.1. The van der Waals surface area contributed by atoms with Crippen molar-refractivity contribution >= 4 is 11.8 Å². The van der Waals surface area contributed by atoms with Crippen LogP contribution in [0, 0.1) is 0 Å². The molecule has 122 valence electrons. The first kappa shape index (κ1) is 14.4. The molecule has 8 nitrogen and oxygen atoms in total. The summed E-state index contributed by atoms with van der Waals surface area (Å²) in [5, 5.41) is 0. The van der Waals surface area contributed by atoms with Gasteiger partial charge in [0.2, 0.25) is 12.3 Å². The van der Waals surface area contributed by atoms with E-state index in [0.29, 0.717) is 13.1 Å². The summed E-state index contributed by atoms with van der Waals surface area (Å²) in [5.74, 6) is -0.432. The highest BCUT2D eigenvalue weighted by Gasteiger charge is 2.67. The van der Waals surface area contributed by atoms with Crippen LogP contribution in [0.5, 0.6) is 0 Å². The molecule has 8 heteroatoms. The lowest BCUT2D eigenvalue weighted by atomic mass is 10.1. The fourth-order valence-electron chi connectivity index (χ4n) is 5.58. The summed E-state index contributed by atoms with van der Waals surface area (Å²) in [6, 6.07) is 0. The van der Waals surface area contributed by atoms with Gasteiger partial charge in [-0.15, -0.1) is 0 Å². The van der Waals surface area contributed by atoms with Crippen LogP contribution in [0.4, 0.5) is 0 Å². The number of carbonyl (C=O) groups excluding carboxylic acids is 2. The first-order chi connectivity index (χ1) is 10.5. The SMILES string of the molecule is NC(=O)C[N+]12CCN3CC[N+]4(CC(N)=O)CCN(CC1)C4C32. The minimum atomic E-state index is -0.216. The predicted molar refractivity (Wildman–Crippen MR) is 78.8 cm³/mol. The Hall–Kier alpha value is -1.22. The van der Waals surface area contributed by atoms with E-state index in [1.165, 1.54) is 0 Å². The van der Waals surface area contributed by atoms with Gasteiger partial charge in [-0.05, 0) is 0 Å². The maximum absolute atomic E-state index is 11.7. The first-order valence-corrected chi connectivity index (χ1v) is 8.22. The van der Waals surface area contributed by atoms with Gasteiger partial charge in [0.15, 0.2) is 13.1 Å². The topological polar surface area (TPSA) is 92.7 Å². The van der Waals surface area contributed by atoms with E-state index in [-0.39, 0.29) is 24.1 Å². The second-order valence-corrected chi connectivity index (χ2v) is 7.48. The van der Waals surface area contributed by atoms with Crippen molar-refractivity contribution in [3.8, 4) is 0 Å². The Labute approximate surface area is 130 Å². The fourth-order valence-corrected chi connectivity index (χ4v) is 5.58. The zero-order chi connectivity index (χ0) is 15.5. The number of rotatable bonds is 4. The van der Waals surface area contributed by atoms with Gasteiger partial charge in [-0.3, -0.25) is 18.6 Å². The van der Waals surface area contributed by atoms with Crippen molar-refractivity contribution in [2.45, 2.75) is 12.3 Å². The van der Waals surface area contributed by atoms with Gasteiger partial charge in [0.05, 0.1) is 52.4 Å². The third-order valence-corrected chi connectivity index (χ3v) is 6.41. The molecule has 0 radical (unpaired) electrons. The number of primary amides is 2. The molecule has 4 heterocycles. The number of nitrogens with zero attached hydrogens (tertiary/aromatic N) is 4. The molecule has 22 heavy (non-hydrogen) atoms. The zero-order valence-corrected chi connectivity index (χ0v) is 13.0. The molecule has 4 N–H and O–H groups in total. The van der Waals surface area contributed by atoms with E-state index in [0.717, 1.165) is 61.3 Å². The van der Waals surface area contributed by atoms with Crippen molar-refractivity contribution in [2.75, 3.05) is 65.4 Å². The summed E-state index contributed by atoms with van der Waals surface area (Å²) in [7, 11) is 0. The van der Waals surface area contributed by atoms with Crippen LogP contribution in [0.1, 0.15) is 0 Å². The highest BCUT2D eigenvalue weighted by atomic mass is 16.2. The second kappa shape index (κ2) is 4.64. The molecule has 4 fully saturated rings. The van der Waals surface area contributed by atoms with E-state index in [1.807, 2.05) is 0 Å². The highest BCUT2D eigenvalue weighted by Crippen LogP contribution is 2.42. The zero-order valence-electron chi connectivity index (χ0n) is 13.0. The van der Waals surface area contributed by atoms with Gasteiger partial charge in [0.25, 0.3) is 11.8 Å². The van der Waals surface area contributed by atoms with Crippen LogP contribution in [-0.2, 0) is 9.59 Å². The lowest BCUT2D eigenvalue weighted by Crippen LogP contribution is -2.79. The molecule has 0 aromatic rings. The smallest absolute Gasteiger partial charge is 0.272 e. The van der Waals surface area contributed by atoms with Crippen LogP contribution in [0.25, 0.3) is 0 Å². The van der Waals surface area contributed by atoms with Crippen LogP contribution in [0.15, 0.2) is 0 Å². The lowest BCUT2D eigenvalue weighted by molar-refractivity contribution is -1.02. The van der Waals surface area contributed by atoms with Gasteiger partial charge in [-0.2, -0.15) is 0 Å². The molecule has 0 spiro atoms. The molecule has 2 amide bonds. The number of quaternary nitrogens is 2. The number of hydrogen-bond donors (Lipinski definition) is 2. The normalized spacial score (nSPS) is 44.0. The molecule has 4 saturated heterocycles. The maximum Gasteiger partial charge on any atom is 0.272 e. The van der Waals surface area contributed by atoms with Crippen LogP contribution in [0.2, 0.25) is 0 Å². The van der Waals surface area contributed by atoms with Crippen molar-refractivity contribution in [1.82, 2.24) is 9.80 Å². The lowest BCUT2D eigenvalue weighted by Gasteiger charge is -2.55. The minimum Gasteiger partial charge on any atom is -0.365 e. The summed E-state index contributed by atoms with van der Waals surface area (Å²) >= 11 is 0. The number of hydrogen-bond acceptors (Lipinski definition) is 4. The molecule has 0 aliphatic carbocycles. The number of amides is 2. The summed E-state index contributed by atoms with van der Waals surface area (Å²) in [4.78, 5) is 28.3. The van der Waals surface area contributed by atoms with E-state index >= 15 is 0 Å². The van der Waals surface area contributed by atoms with Crippen molar-refractivity contribution < 1.29 is 18.6 Å². The largest absolute Gasteiger partial charge is 0.365 e. The molecule has 0 aromatic heterocycles.